The van der Waals surface area contributed by atoms with Crippen molar-refractivity contribution in [2.45, 2.75) is 32.4 Å². The number of hydrogen-bond acceptors (Lipinski definition) is 9. The summed E-state index contributed by atoms with van der Waals surface area (Å²) in [5, 5.41) is 20.3. The second-order valence-electron chi connectivity index (χ2n) is 8.23. The van der Waals surface area contributed by atoms with Crippen molar-refractivity contribution in [3.05, 3.63) is 64.4 Å². The van der Waals surface area contributed by atoms with Crippen LogP contribution in [0.3, 0.4) is 0 Å². The molecule has 1 aromatic heterocycles. The first-order valence-electron chi connectivity index (χ1n) is 11.6. The fourth-order valence-corrected chi connectivity index (χ4v) is 4.16. The molecule has 0 fully saturated rings. The molecule has 0 saturated heterocycles. The van der Waals surface area contributed by atoms with Gasteiger partial charge in [-0.05, 0) is 47.8 Å². The van der Waals surface area contributed by atoms with Gasteiger partial charge in [-0.15, -0.1) is 0 Å². The van der Waals surface area contributed by atoms with E-state index in [0.717, 1.165) is 22.7 Å². The maximum Gasteiger partial charge on any atom is 0.326 e. The van der Waals surface area contributed by atoms with Crippen LogP contribution in [0.1, 0.15) is 22.0 Å². The molecule has 0 aliphatic carbocycles. The molecule has 1 atom stereocenters. The fourth-order valence-electron chi connectivity index (χ4n) is 3.46. The molecular weight excluding hydrogens is 512 g/mol. The number of aryl methyl sites for hydroxylation is 1. The van der Waals surface area contributed by atoms with Crippen LogP contribution in [0.2, 0.25) is 0 Å². The monoisotopic (exact) mass is 540 g/mol. The minimum atomic E-state index is -1.16. The summed E-state index contributed by atoms with van der Waals surface area (Å²) < 4.78 is 9.54. The third-order valence-electron chi connectivity index (χ3n) is 5.37. The number of hydrogen-bond donors (Lipinski definition) is 5. The summed E-state index contributed by atoms with van der Waals surface area (Å²) in [5.41, 5.74) is 2.81. The van der Waals surface area contributed by atoms with Crippen molar-refractivity contribution >= 4 is 47.1 Å². The predicted molar refractivity (Wildman–Crippen MR) is 141 cm³/mol. The third-order valence-corrected chi connectivity index (χ3v) is 6.14. The zero-order valence-corrected chi connectivity index (χ0v) is 21.6. The molecule has 0 bridgehead atoms. The highest BCUT2D eigenvalue weighted by molar-refractivity contribution is 7.05. The van der Waals surface area contributed by atoms with Crippen molar-refractivity contribution in [3.8, 4) is 5.75 Å². The summed E-state index contributed by atoms with van der Waals surface area (Å²) in [4.78, 5) is 50.8. The van der Waals surface area contributed by atoms with Gasteiger partial charge in [0, 0.05) is 18.5 Å². The molecule has 0 spiro atoms. The van der Waals surface area contributed by atoms with Crippen LogP contribution in [-0.2, 0) is 33.8 Å². The number of urea groups is 1. The summed E-state index contributed by atoms with van der Waals surface area (Å²) in [5.74, 6) is -0.398. The fraction of sp³-hybridized carbons (Fsp3) is 0.280. The Labute approximate surface area is 223 Å². The number of aromatic nitrogens is 2. The van der Waals surface area contributed by atoms with Crippen molar-refractivity contribution in [2.24, 2.45) is 0 Å². The predicted octanol–water partition coefficient (Wildman–Crippen LogP) is 2.14. The molecule has 38 heavy (non-hydrogen) atoms. The Kier molecular flexibility index (Phi) is 10.3. The largest absolute Gasteiger partial charge is 0.495 e. The van der Waals surface area contributed by atoms with Gasteiger partial charge in [0.1, 0.15) is 16.8 Å². The maximum atomic E-state index is 12.5. The van der Waals surface area contributed by atoms with Crippen molar-refractivity contribution < 1.29 is 29.0 Å². The van der Waals surface area contributed by atoms with Crippen LogP contribution in [0.4, 0.5) is 16.2 Å². The third kappa shape index (κ3) is 8.35. The van der Waals surface area contributed by atoms with Crippen LogP contribution in [0, 0.1) is 6.92 Å². The Hall–Kier alpha value is -4.36. The first kappa shape index (κ1) is 28.2. The summed E-state index contributed by atoms with van der Waals surface area (Å²) in [6.07, 6.45) is 0.494. The van der Waals surface area contributed by atoms with Gasteiger partial charge in [-0.1, -0.05) is 24.3 Å². The Morgan fingerprint density at radius 2 is 1.89 bits per heavy atom. The van der Waals surface area contributed by atoms with E-state index in [4.69, 9.17) is 9.84 Å². The Bertz CT molecular complexity index is 1300. The van der Waals surface area contributed by atoms with E-state index in [-0.39, 0.29) is 31.7 Å². The van der Waals surface area contributed by atoms with E-state index in [1.807, 2.05) is 25.1 Å². The van der Waals surface area contributed by atoms with Crippen LogP contribution in [-0.4, -0.2) is 58.4 Å². The van der Waals surface area contributed by atoms with Crippen molar-refractivity contribution in [2.75, 3.05) is 24.3 Å². The molecule has 200 valence electrons. The second-order valence-corrected chi connectivity index (χ2v) is 9.07. The molecule has 3 rings (SSSR count). The highest BCUT2D eigenvalue weighted by atomic mass is 32.1. The molecule has 0 aliphatic heterocycles. The lowest BCUT2D eigenvalue weighted by atomic mass is 10.1. The number of carbonyl (C=O) groups excluding carboxylic acids is 3. The van der Waals surface area contributed by atoms with E-state index < -0.39 is 18.0 Å². The lowest BCUT2D eigenvalue weighted by Gasteiger charge is -2.13. The summed E-state index contributed by atoms with van der Waals surface area (Å²) >= 11 is 1.04. The van der Waals surface area contributed by atoms with Gasteiger partial charge < -0.3 is 31.1 Å². The Morgan fingerprint density at radius 1 is 1.13 bits per heavy atom. The van der Waals surface area contributed by atoms with Gasteiger partial charge in [0.05, 0.1) is 25.9 Å². The van der Waals surface area contributed by atoms with E-state index in [9.17, 15) is 19.2 Å². The van der Waals surface area contributed by atoms with E-state index in [2.05, 4.69) is 30.6 Å². The molecular formula is C25H28N6O6S. The van der Waals surface area contributed by atoms with E-state index >= 15 is 0 Å². The number of methoxy groups -OCH3 is 1. The van der Waals surface area contributed by atoms with Crippen LogP contribution in [0.25, 0.3) is 0 Å². The number of carboxylic acid groups (broad SMARTS) is 1. The highest BCUT2D eigenvalue weighted by Gasteiger charge is 2.19. The van der Waals surface area contributed by atoms with Gasteiger partial charge >= 0.3 is 12.0 Å². The lowest BCUT2D eigenvalue weighted by molar-refractivity contribution is -0.140. The lowest BCUT2D eigenvalue weighted by Crippen LogP contribution is -2.37. The van der Waals surface area contributed by atoms with E-state index in [1.165, 1.54) is 7.11 Å². The zero-order chi connectivity index (χ0) is 27.5. The molecule has 1 unspecified atom stereocenters. The van der Waals surface area contributed by atoms with Gasteiger partial charge in [0.25, 0.3) is 0 Å². The number of carboxylic acids is 1. The summed E-state index contributed by atoms with van der Waals surface area (Å²) in [7, 11) is 1.48. The van der Waals surface area contributed by atoms with E-state index in [0.29, 0.717) is 34.4 Å². The smallest absolute Gasteiger partial charge is 0.326 e. The number of aliphatic carboxylic acids is 1. The van der Waals surface area contributed by atoms with Gasteiger partial charge in [-0.25, -0.2) is 14.6 Å². The molecule has 0 aliphatic rings. The van der Waals surface area contributed by atoms with E-state index in [1.54, 1.807) is 24.3 Å². The molecule has 12 nitrogen and oxygen atoms in total. The number of Topliss-reactive ketones (excluding diaryl/α,β-unsaturated/α-hetero) is 1. The van der Waals surface area contributed by atoms with Gasteiger partial charge in [0.2, 0.25) is 6.41 Å². The van der Waals surface area contributed by atoms with Gasteiger partial charge in [-0.3, -0.25) is 9.59 Å². The number of para-hydroxylation sites is 1. The molecule has 3 amide bonds. The van der Waals surface area contributed by atoms with Crippen molar-refractivity contribution in [1.82, 2.24) is 20.0 Å². The van der Waals surface area contributed by atoms with Crippen LogP contribution in [0.5, 0.6) is 5.75 Å². The number of benzene rings is 2. The quantitative estimate of drug-likeness (QED) is 0.192. The Balaban J connectivity index is 1.48. The standard InChI is InChI=1S/C25H28N6O6S/c1-15-5-3-4-6-18(15)28-25(36)29-19-8-7-16(10-21(19)37-2)9-17(33)12-26-13-22-30-23(38-31-22)11-20(24(34)35)27-14-32/h3-8,10,14,20,26H,9,11-13H2,1-2H3,(H,27,32)(H,34,35)(H2,28,29,36). The molecule has 5 N–H and O–H groups in total. The highest BCUT2D eigenvalue weighted by Crippen LogP contribution is 2.26. The molecule has 2 aromatic carbocycles. The molecule has 0 saturated carbocycles. The van der Waals surface area contributed by atoms with Gasteiger partial charge in [0.15, 0.2) is 11.6 Å². The van der Waals surface area contributed by atoms with Crippen molar-refractivity contribution in [3.63, 3.8) is 0 Å². The van der Waals surface area contributed by atoms with Crippen LogP contribution in [0.15, 0.2) is 42.5 Å². The number of nitrogens with one attached hydrogen (secondary N) is 4. The first-order valence-corrected chi connectivity index (χ1v) is 12.3. The van der Waals surface area contributed by atoms with Crippen molar-refractivity contribution in [1.29, 1.82) is 0 Å². The molecule has 1 heterocycles. The molecule has 0 radical (unpaired) electrons. The first-order chi connectivity index (χ1) is 18.3. The number of amides is 3. The number of carbonyl (C=O) groups is 4. The Morgan fingerprint density at radius 3 is 2.61 bits per heavy atom. The topological polar surface area (TPSA) is 172 Å². The number of ketones is 1. The average molecular weight is 541 g/mol. The summed E-state index contributed by atoms with van der Waals surface area (Å²) in [6.45, 7) is 2.19. The number of anilines is 2. The normalized spacial score (nSPS) is 11.3. The minimum Gasteiger partial charge on any atom is -0.495 e. The SMILES string of the molecule is COc1cc(CC(=O)CNCc2nsc(CC(NC=O)C(=O)O)n2)ccc1NC(=O)Nc1ccccc1C. The van der Waals surface area contributed by atoms with Gasteiger partial charge in [-0.2, -0.15) is 4.37 Å². The van der Waals surface area contributed by atoms with Crippen LogP contribution < -0.4 is 26.0 Å². The maximum absolute atomic E-state index is 12.5. The van der Waals surface area contributed by atoms with Crippen LogP contribution >= 0.6 is 11.5 Å². The average Bonchev–Trinajstić information content (AvgIpc) is 3.33. The molecule has 13 heteroatoms. The number of rotatable bonds is 14. The second kappa shape index (κ2) is 13.8. The minimum absolute atomic E-state index is 0.0188. The molecule has 3 aromatic rings. The zero-order valence-electron chi connectivity index (χ0n) is 20.8. The number of nitrogens with zero attached hydrogens (tertiary/aromatic N) is 2. The summed E-state index contributed by atoms with van der Waals surface area (Å²) in [6, 6.07) is 11.0. The number of ether oxygens (including phenoxy) is 1.